The van der Waals surface area contributed by atoms with Crippen molar-refractivity contribution in [3.63, 3.8) is 0 Å². The van der Waals surface area contributed by atoms with Crippen molar-refractivity contribution in [2.24, 2.45) is 10.4 Å². The standard InChI is InChI=1S/C19H29F2N3O3.HI/c1-4-26-15-7-5-6-14(16(15)27-17(20)21)12-23-18(22-2)24-13-19(8-9-19)10-11-25-3;/h5-7,17H,4,8-13H2,1-3H3,(H2,22,23,24);1H. The molecular weight excluding hydrogens is 483 g/mol. The predicted octanol–water partition coefficient (Wildman–Crippen LogP) is 3.79. The highest BCUT2D eigenvalue weighted by atomic mass is 127. The summed E-state index contributed by atoms with van der Waals surface area (Å²) in [6, 6.07) is 5.09. The zero-order valence-corrected chi connectivity index (χ0v) is 18.9. The van der Waals surface area contributed by atoms with Crippen molar-refractivity contribution >= 4 is 29.9 Å². The van der Waals surface area contributed by atoms with Crippen LogP contribution in [0.25, 0.3) is 0 Å². The molecule has 1 aliphatic rings. The summed E-state index contributed by atoms with van der Waals surface area (Å²) >= 11 is 0. The fraction of sp³-hybridized carbons (Fsp3) is 0.632. The maximum absolute atomic E-state index is 12.8. The molecule has 0 saturated heterocycles. The number of aliphatic imine (C=N–C) groups is 1. The fourth-order valence-corrected chi connectivity index (χ4v) is 2.87. The molecule has 1 aromatic carbocycles. The van der Waals surface area contributed by atoms with Gasteiger partial charge in [-0.1, -0.05) is 12.1 Å². The molecule has 0 aliphatic heterocycles. The highest BCUT2D eigenvalue weighted by molar-refractivity contribution is 14.0. The lowest BCUT2D eigenvalue weighted by Crippen LogP contribution is -2.40. The number of guanidine groups is 1. The van der Waals surface area contributed by atoms with Gasteiger partial charge in [-0.05, 0) is 37.7 Å². The van der Waals surface area contributed by atoms with E-state index in [0.29, 0.717) is 23.9 Å². The second-order valence-corrected chi connectivity index (χ2v) is 6.58. The van der Waals surface area contributed by atoms with Gasteiger partial charge >= 0.3 is 6.61 Å². The van der Waals surface area contributed by atoms with Gasteiger partial charge in [0.25, 0.3) is 0 Å². The molecule has 0 atom stereocenters. The lowest BCUT2D eigenvalue weighted by Gasteiger charge is -2.19. The number of methoxy groups -OCH3 is 1. The molecule has 0 spiro atoms. The summed E-state index contributed by atoms with van der Waals surface area (Å²) in [6.07, 6.45) is 3.35. The zero-order valence-electron chi connectivity index (χ0n) is 16.6. The first-order chi connectivity index (χ1) is 13.0. The number of rotatable bonds is 11. The predicted molar refractivity (Wildman–Crippen MR) is 116 cm³/mol. The summed E-state index contributed by atoms with van der Waals surface area (Å²) in [6.45, 7) is 1.07. The topological polar surface area (TPSA) is 64.1 Å². The van der Waals surface area contributed by atoms with E-state index >= 15 is 0 Å². The lowest BCUT2D eigenvalue weighted by molar-refractivity contribution is -0.0520. The van der Waals surface area contributed by atoms with Gasteiger partial charge in [-0.25, -0.2) is 0 Å². The Morgan fingerprint density at radius 1 is 1.29 bits per heavy atom. The van der Waals surface area contributed by atoms with E-state index in [2.05, 4.69) is 15.6 Å². The second-order valence-electron chi connectivity index (χ2n) is 6.58. The maximum atomic E-state index is 12.8. The molecule has 0 radical (unpaired) electrons. The molecule has 1 fully saturated rings. The van der Waals surface area contributed by atoms with Gasteiger partial charge < -0.3 is 24.8 Å². The highest BCUT2D eigenvalue weighted by Crippen LogP contribution is 2.48. The summed E-state index contributed by atoms with van der Waals surface area (Å²) in [7, 11) is 3.39. The van der Waals surface area contributed by atoms with E-state index in [1.165, 1.54) is 12.8 Å². The van der Waals surface area contributed by atoms with Crippen molar-refractivity contribution < 1.29 is 23.0 Å². The number of nitrogens with zero attached hydrogens (tertiary/aromatic N) is 1. The third kappa shape index (κ3) is 7.57. The zero-order chi connectivity index (χ0) is 19.7. The van der Waals surface area contributed by atoms with Gasteiger partial charge in [0, 0.05) is 39.4 Å². The van der Waals surface area contributed by atoms with Crippen LogP contribution in [-0.2, 0) is 11.3 Å². The van der Waals surface area contributed by atoms with Crippen molar-refractivity contribution in [3.8, 4) is 11.5 Å². The van der Waals surface area contributed by atoms with Crippen LogP contribution in [0.4, 0.5) is 8.78 Å². The third-order valence-corrected chi connectivity index (χ3v) is 4.66. The van der Waals surface area contributed by atoms with Crippen LogP contribution in [-0.4, -0.2) is 46.5 Å². The maximum Gasteiger partial charge on any atom is 0.387 e. The molecule has 9 heteroatoms. The first kappa shape index (κ1) is 24.7. The molecule has 160 valence electrons. The van der Waals surface area contributed by atoms with Gasteiger partial charge in [-0.2, -0.15) is 8.78 Å². The molecule has 1 aliphatic carbocycles. The molecule has 2 rings (SSSR count). The fourth-order valence-electron chi connectivity index (χ4n) is 2.87. The third-order valence-electron chi connectivity index (χ3n) is 4.66. The minimum Gasteiger partial charge on any atom is -0.490 e. The highest BCUT2D eigenvalue weighted by Gasteiger charge is 2.41. The molecule has 2 N–H and O–H groups in total. The largest absolute Gasteiger partial charge is 0.490 e. The number of ether oxygens (including phenoxy) is 3. The summed E-state index contributed by atoms with van der Waals surface area (Å²) in [5.74, 6) is 0.969. The Morgan fingerprint density at radius 2 is 2.04 bits per heavy atom. The molecule has 0 bridgehead atoms. The van der Waals surface area contributed by atoms with Crippen LogP contribution in [0, 0.1) is 5.41 Å². The molecule has 0 aromatic heterocycles. The van der Waals surface area contributed by atoms with Gasteiger partial charge in [0.15, 0.2) is 17.5 Å². The number of benzene rings is 1. The van der Waals surface area contributed by atoms with Gasteiger partial charge in [-0.3, -0.25) is 4.99 Å². The molecule has 6 nitrogen and oxygen atoms in total. The number of halogens is 3. The average Bonchev–Trinajstić information content (AvgIpc) is 3.42. The van der Waals surface area contributed by atoms with Crippen molar-refractivity contribution in [2.75, 3.05) is 33.9 Å². The van der Waals surface area contributed by atoms with Crippen LogP contribution in [0.15, 0.2) is 23.2 Å². The monoisotopic (exact) mass is 513 g/mol. The van der Waals surface area contributed by atoms with Crippen LogP contribution in [0.1, 0.15) is 31.7 Å². The van der Waals surface area contributed by atoms with E-state index in [4.69, 9.17) is 14.2 Å². The number of hydrogen-bond donors (Lipinski definition) is 2. The van der Waals surface area contributed by atoms with Crippen molar-refractivity contribution in [2.45, 2.75) is 39.3 Å². The Kier molecular flexibility index (Phi) is 10.8. The van der Waals surface area contributed by atoms with Crippen LogP contribution in [0.3, 0.4) is 0 Å². The number of nitrogens with one attached hydrogen (secondary N) is 2. The molecule has 0 unspecified atom stereocenters. The Bertz CT molecular complexity index is 628. The summed E-state index contributed by atoms with van der Waals surface area (Å²) < 4.78 is 40.9. The van der Waals surface area contributed by atoms with Gasteiger partial charge in [0.1, 0.15) is 0 Å². The molecule has 1 aromatic rings. The quantitative estimate of drug-likeness (QED) is 0.268. The molecular formula is C19H30F2IN3O3. The van der Waals surface area contributed by atoms with Crippen molar-refractivity contribution in [1.82, 2.24) is 10.6 Å². The number of alkyl halides is 2. The van der Waals surface area contributed by atoms with Gasteiger partial charge in [0.05, 0.1) is 6.61 Å². The average molecular weight is 513 g/mol. The molecule has 1 saturated carbocycles. The van der Waals surface area contributed by atoms with Crippen LogP contribution >= 0.6 is 24.0 Å². The number of para-hydroxylation sites is 1. The number of hydrogen-bond acceptors (Lipinski definition) is 4. The molecule has 0 amide bonds. The van der Waals surface area contributed by atoms with Gasteiger partial charge in [-0.15, -0.1) is 24.0 Å². The summed E-state index contributed by atoms with van der Waals surface area (Å²) in [5, 5.41) is 6.47. The van der Waals surface area contributed by atoms with Crippen molar-refractivity contribution in [3.05, 3.63) is 23.8 Å². The van der Waals surface area contributed by atoms with E-state index in [0.717, 1.165) is 19.6 Å². The van der Waals surface area contributed by atoms with E-state index in [9.17, 15) is 8.78 Å². The Balaban J connectivity index is 0.00000392. The SMILES string of the molecule is CCOc1cccc(CNC(=NC)NCC2(CCOC)CC2)c1OC(F)F.I. The van der Waals surface area contributed by atoms with Crippen LogP contribution < -0.4 is 20.1 Å². The molecule has 28 heavy (non-hydrogen) atoms. The minimum atomic E-state index is -2.92. The van der Waals surface area contributed by atoms with E-state index in [1.54, 1.807) is 39.3 Å². The van der Waals surface area contributed by atoms with E-state index < -0.39 is 6.61 Å². The second kappa shape index (κ2) is 12.3. The van der Waals surface area contributed by atoms with E-state index in [1.807, 2.05) is 0 Å². The van der Waals surface area contributed by atoms with Crippen LogP contribution in [0.5, 0.6) is 11.5 Å². The molecule has 0 heterocycles. The lowest BCUT2D eigenvalue weighted by atomic mass is 10.0. The van der Waals surface area contributed by atoms with Crippen molar-refractivity contribution in [1.29, 1.82) is 0 Å². The van der Waals surface area contributed by atoms with Gasteiger partial charge in [0.2, 0.25) is 0 Å². The van der Waals surface area contributed by atoms with E-state index in [-0.39, 0.29) is 41.7 Å². The Morgan fingerprint density at radius 3 is 2.61 bits per heavy atom. The smallest absolute Gasteiger partial charge is 0.387 e. The normalized spacial score (nSPS) is 15.0. The minimum absolute atomic E-state index is 0. The summed E-state index contributed by atoms with van der Waals surface area (Å²) in [5.41, 5.74) is 0.844. The Labute approximate surface area is 182 Å². The first-order valence-corrected chi connectivity index (χ1v) is 9.16. The first-order valence-electron chi connectivity index (χ1n) is 9.16. The Hall–Kier alpha value is -1.36. The summed E-state index contributed by atoms with van der Waals surface area (Å²) in [4.78, 5) is 4.21. The van der Waals surface area contributed by atoms with Crippen LogP contribution in [0.2, 0.25) is 0 Å².